The quantitative estimate of drug-likeness (QED) is 0.869. The molecule has 1 aliphatic heterocycles. The van der Waals surface area contributed by atoms with E-state index in [2.05, 4.69) is 10.6 Å². The molecule has 1 fully saturated rings. The summed E-state index contributed by atoms with van der Waals surface area (Å²) in [6.07, 6.45) is -2.77. The van der Waals surface area contributed by atoms with Crippen LogP contribution in [-0.4, -0.2) is 50.6 Å². The molecular weight excluding hydrogens is 337 g/mol. The van der Waals surface area contributed by atoms with Crippen molar-refractivity contribution in [2.45, 2.75) is 19.0 Å². The van der Waals surface area contributed by atoms with Crippen molar-refractivity contribution in [2.75, 3.05) is 43.9 Å². The molecule has 0 bridgehead atoms. The van der Waals surface area contributed by atoms with Crippen LogP contribution in [0.1, 0.15) is 18.4 Å². The van der Waals surface area contributed by atoms with Gasteiger partial charge in [-0.05, 0) is 31.0 Å². The zero-order valence-electron chi connectivity index (χ0n) is 14.1. The molecule has 2 N–H and O–H groups in total. The molecule has 25 heavy (non-hydrogen) atoms. The van der Waals surface area contributed by atoms with E-state index in [0.29, 0.717) is 18.8 Å². The molecule has 0 radical (unpaired) electrons. The lowest BCUT2D eigenvalue weighted by Crippen LogP contribution is -2.40. The topological polar surface area (TPSA) is 64.7 Å². The molecule has 0 atom stereocenters. The van der Waals surface area contributed by atoms with E-state index in [1.165, 1.54) is 17.0 Å². The van der Waals surface area contributed by atoms with Gasteiger partial charge in [0.25, 0.3) is 0 Å². The lowest BCUT2D eigenvalue weighted by molar-refractivity contribution is -0.137. The number of carbonyl (C=O) groups excluding carboxylic acids is 2. The molecule has 0 unspecified atom stereocenters. The molecule has 0 spiro atoms. The van der Waals surface area contributed by atoms with Gasteiger partial charge in [-0.3, -0.25) is 4.79 Å². The molecule has 138 valence electrons. The molecular formula is C16H21F3N4O2. The number of hydrogen-bond donors (Lipinski definition) is 2. The second-order valence-electron chi connectivity index (χ2n) is 6.02. The van der Waals surface area contributed by atoms with Gasteiger partial charge in [0.05, 0.1) is 17.8 Å². The number of alkyl halides is 3. The van der Waals surface area contributed by atoms with Crippen LogP contribution < -0.4 is 15.5 Å². The third kappa shape index (κ3) is 5.01. The number of benzene rings is 1. The van der Waals surface area contributed by atoms with Crippen molar-refractivity contribution in [1.29, 1.82) is 0 Å². The van der Waals surface area contributed by atoms with E-state index in [1.54, 1.807) is 19.0 Å². The summed E-state index contributed by atoms with van der Waals surface area (Å²) in [5, 5.41) is 4.47. The van der Waals surface area contributed by atoms with Crippen LogP contribution in [0.25, 0.3) is 0 Å². The van der Waals surface area contributed by atoms with Crippen LogP contribution in [0, 0.1) is 0 Å². The molecule has 1 aromatic rings. The zero-order chi connectivity index (χ0) is 18.6. The second-order valence-corrected chi connectivity index (χ2v) is 6.02. The average Bonchev–Trinajstić information content (AvgIpc) is 3.06. The summed E-state index contributed by atoms with van der Waals surface area (Å²) in [7, 11) is 3.25. The Hall–Kier alpha value is -2.45. The van der Waals surface area contributed by atoms with Crippen LogP contribution >= 0.6 is 0 Å². The summed E-state index contributed by atoms with van der Waals surface area (Å²) in [6, 6.07) is 2.78. The van der Waals surface area contributed by atoms with Gasteiger partial charge < -0.3 is 20.4 Å². The highest BCUT2D eigenvalue weighted by Gasteiger charge is 2.34. The minimum Gasteiger partial charge on any atom is -0.378 e. The smallest absolute Gasteiger partial charge is 0.378 e. The SMILES string of the molecule is CN(C)c1ccc(NC(=O)NCC(=O)N2CCCC2)c(C(F)(F)F)c1. The minimum absolute atomic E-state index is 0.244. The Kier molecular flexibility index (Phi) is 5.76. The van der Waals surface area contributed by atoms with Gasteiger partial charge in [0.15, 0.2) is 0 Å². The predicted molar refractivity (Wildman–Crippen MR) is 88.6 cm³/mol. The Morgan fingerprint density at radius 1 is 1.20 bits per heavy atom. The molecule has 1 heterocycles. The van der Waals surface area contributed by atoms with E-state index in [1.807, 2.05) is 0 Å². The van der Waals surface area contributed by atoms with E-state index >= 15 is 0 Å². The fourth-order valence-corrected chi connectivity index (χ4v) is 2.55. The Bertz CT molecular complexity index is 641. The number of carbonyl (C=O) groups is 2. The first kappa shape index (κ1) is 18.9. The lowest BCUT2D eigenvalue weighted by atomic mass is 10.1. The van der Waals surface area contributed by atoms with Crippen LogP contribution in [0.2, 0.25) is 0 Å². The summed E-state index contributed by atoms with van der Waals surface area (Å²) in [5.74, 6) is -0.244. The largest absolute Gasteiger partial charge is 0.418 e. The van der Waals surface area contributed by atoms with Gasteiger partial charge in [0.1, 0.15) is 0 Å². The maximum atomic E-state index is 13.2. The van der Waals surface area contributed by atoms with Crippen molar-refractivity contribution in [3.63, 3.8) is 0 Å². The highest BCUT2D eigenvalue weighted by molar-refractivity contribution is 5.93. The second kappa shape index (κ2) is 7.62. The first-order valence-electron chi connectivity index (χ1n) is 7.89. The third-order valence-electron chi connectivity index (χ3n) is 3.93. The molecule has 3 amide bonds. The number of hydrogen-bond acceptors (Lipinski definition) is 3. The molecule has 6 nitrogen and oxygen atoms in total. The maximum absolute atomic E-state index is 13.2. The number of nitrogens with one attached hydrogen (secondary N) is 2. The van der Waals surface area contributed by atoms with Crippen molar-refractivity contribution >= 4 is 23.3 Å². The van der Waals surface area contributed by atoms with Crippen molar-refractivity contribution in [1.82, 2.24) is 10.2 Å². The van der Waals surface area contributed by atoms with Gasteiger partial charge in [-0.15, -0.1) is 0 Å². The Labute approximate surface area is 144 Å². The predicted octanol–water partition coefficient (Wildman–Crippen LogP) is 2.52. The van der Waals surface area contributed by atoms with Gasteiger partial charge in [-0.1, -0.05) is 0 Å². The van der Waals surface area contributed by atoms with Gasteiger partial charge >= 0.3 is 12.2 Å². The van der Waals surface area contributed by atoms with E-state index < -0.39 is 17.8 Å². The molecule has 9 heteroatoms. The van der Waals surface area contributed by atoms with E-state index in [0.717, 1.165) is 18.9 Å². The van der Waals surface area contributed by atoms with Crippen molar-refractivity contribution in [3.05, 3.63) is 23.8 Å². The van der Waals surface area contributed by atoms with Crippen LogP contribution in [0.5, 0.6) is 0 Å². The van der Waals surface area contributed by atoms with Gasteiger partial charge in [-0.2, -0.15) is 13.2 Å². The molecule has 1 aliphatic rings. The summed E-state index contributed by atoms with van der Waals surface area (Å²) in [6.45, 7) is 1.04. The van der Waals surface area contributed by atoms with Crippen molar-refractivity contribution in [2.24, 2.45) is 0 Å². The van der Waals surface area contributed by atoms with E-state index in [-0.39, 0.29) is 18.1 Å². The first-order chi connectivity index (χ1) is 11.7. The lowest BCUT2D eigenvalue weighted by Gasteiger charge is -2.19. The van der Waals surface area contributed by atoms with E-state index in [9.17, 15) is 22.8 Å². The standard InChI is InChI=1S/C16H21F3N4O2/c1-22(2)11-5-6-13(12(9-11)16(17,18)19)21-15(25)20-10-14(24)23-7-3-4-8-23/h5-6,9H,3-4,7-8,10H2,1-2H3,(H2,20,21,25). The van der Waals surface area contributed by atoms with Crippen molar-refractivity contribution in [3.8, 4) is 0 Å². The fraction of sp³-hybridized carbons (Fsp3) is 0.500. The van der Waals surface area contributed by atoms with Gasteiger partial charge in [0.2, 0.25) is 5.91 Å². The first-order valence-corrected chi connectivity index (χ1v) is 7.89. The number of likely N-dealkylation sites (tertiary alicyclic amines) is 1. The van der Waals surface area contributed by atoms with Crippen LogP contribution in [0.15, 0.2) is 18.2 Å². The average molecular weight is 358 g/mol. The number of nitrogens with zero attached hydrogens (tertiary/aromatic N) is 2. The Morgan fingerprint density at radius 2 is 1.84 bits per heavy atom. The normalized spacial score (nSPS) is 14.4. The Morgan fingerprint density at radius 3 is 2.40 bits per heavy atom. The van der Waals surface area contributed by atoms with Gasteiger partial charge in [0, 0.05) is 32.9 Å². The zero-order valence-corrected chi connectivity index (χ0v) is 14.1. The van der Waals surface area contributed by atoms with Crippen LogP contribution in [-0.2, 0) is 11.0 Å². The fourth-order valence-electron chi connectivity index (χ4n) is 2.55. The number of rotatable bonds is 4. The number of urea groups is 1. The minimum atomic E-state index is -4.61. The summed E-state index contributed by atoms with van der Waals surface area (Å²) in [5.41, 5.74) is -0.938. The summed E-state index contributed by atoms with van der Waals surface area (Å²) >= 11 is 0. The number of amides is 3. The van der Waals surface area contributed by atoms with Crippen LogP contribution in [0.4, 0.5) is 29.3 Å². The maximum Gasteiger partial charge on any atom is 0.418 e. The molecule has 1 saturated heterocycles. The molecule has 0 aromatic heterocycles. The van der Waals surface area contributed by atoms with E-state index in [4.69, 9.17) is 0 Å². The third-order valence-corrected chi connectivity index (χ3v) is 3.93. The van der Waals surface area contributed by atoms with Crippen LogP contribution in [0.3, 0.4) is 0 Å². The molecule has 0 aliphatic carbocycles. The molecule has 2 rings (SSSR count). The monoisotopic (exact) mass is 358 g/mol. The Balaban J connectivity index is 2.03. The summed E-state index contributed by atoms with van der Waals surface area (Å²) < 4.78 is 39.6. The van der Waals surface area contributed by atoms with Crippen molar-refractivity contribution < 1.29 is 22.8 Å². The van der Waals surface area contributed by atoms with Gasteiger partial charge in [-0.25, -0.2) is 4.79 Å². The number of halogens is 3. The highest BCUT2D eigenvalue weighted by Crippen LogP contribution is 2.37. The highest BCUT2D eigenvalue weighted by atomic mass is 19.4. The summed E-state index contributed by atoms with van der Waals surface area (Å²) in [4.78, 5) is 26.9. The molecule has 1 aromatic carbocycles. The number of anilines is 2. The molecule has 0 saturated carbocycles.